The van der Waals surface area contributed by atoms with E-state index in [2.05, 4.69) is 40.9 Å². The van der Waals surface area contributed by atoms with E-state index in [9.17, 15) is 8.42 Å². The molecule has 1 aromatic carbocycles. The van der Waals surface area contributed by atoms with Crippen molar-refractivity contribution in [2.45, 2.75) is 44.7 Å². The summed E-state index contributed by atoms with van der Waals surface area (Å²) >= 11 is 0. The van der Waals surface area contributed by atoms with Gasteiger partial charge in [0.05, 0.1) is 5.75 Å². The van der Waals surface area contributed by atoms with Gasteiger partial charge < -0.3 is 5.11 Å². The fourth-order valence-electron chi connectivity index (χ4n) is 3.72. The Bertz CT molecular complexity index is 657. The maximum Gasteiger partial charge on any atom is 0.290 e. The third kappa shape index (κ3) is 6.09. The average molecular weight is 368 g/mol. The van der Waals surface area contributed by atoms with E-state index in [0.29, 0.717) is 18.2 Å². The van der Waals surface area contributed by atoms with Gasteiger partial charge in [0, 0.05) is 19.1 Å². The number of hydrogen-bond acceptors (Lipinski definition) is 4. The van der Waals surface area contributed by atoms with Gasteiger partial charge in [0.1, 0.15) is 0 Å². The molecule has 1 aliphatic heterocycles. The van der Waals surface area contributed by atoms with Gasteiger partial charge in [-0.05, 0) is 43.4 Å². The molecule has 0 aromatic heterocycles. The van der Waals surface area contributed by atoms with Crippen molar-refractivity contribution >= 4 is 16.5 Å². The maximum absolute atomic E-state index is 12.3. The molecule has 0 bridgehead atoms. The number of nitrogens with one attached hydrogen (secondary N) is 1. The van der Waals surface area contributed by atoms with E-state index in [1.165, 1.54) is 24.0 Å². The van der Waals surface area contributed by atoms with Gasteiger partial charge >= 0.3 is 0 Å². The lowest BCUT2D eigenvalue weighted by Crippen LogP contribution is -2.46. The van der Waals surface area contributed by atoms with Gasteiger partial charge in [0.2, 0.25) is 10.0 Å². The molecule has 1 fully saturated rings. The zero-order chi connectivity index (χ0) is 18.3. The Hall–Kier alpha value is -1.44. The first-order valence-corrected chi connectivity index (χ1v) is 10.4. The fourth-order valence-corrected chi connectivity index (χ4v) is 5.23. The smallest absolute Gasteiger partial charge is 0.290 e. The minimum absolute atomic E-state index is 0.244. The molecule has 0 amide bonds. The molecular weight excluding hydrogens is 340 g/mol. The molecule has 0 radical (unpaired) electrons. The van der Waals surface area contributed by atoms with Gasteiger partial charge in [-0.1, -0.05) is 37.1 Å². The van der Waals surface area contributed by atoms with Crippen molar-refractivity contribution in [3.05, 3.63) is 35.4 Å². The second-order valence-corrected chi connectivity index (χ2v) is 8.78. The number of benzene rings is 1. The van der Waals surface area contributed by atoms with Crippen molar-refractivity contribution in [1.82, 2.24) is 9.62 Å². The highest BCUT2D eigenvalue weighted by Gasteiger charge is 2.26. The molecule has 1 heterocycles. The Balaban J connectivity index is 0.000000701. The lowest BCUT2D eigenvalue weighted by molar-refractivity contribution is -0.122. The van der Waals surface area contributed by atoms with Gasteiger partial charge in [-0.2, -0.15) is 0 Å². The molecule has 140 valence electrons. The van der Waals surface area contributed by atoms with Gasteiger partial charge in [-0.15, -0.1) is 0 Å². The largest absolute Gasteiger partial charge is 0.483 e. The van der Waals surface area contributed by atoms with Crippen molar-refractivity contribution < 1.29 is 18.3 Å². The summed E-state index contributed by atoms with van der Waals surface area (Å²) in [5.41, 5.74) is 2.70. The van der Waals surface area contributed by atoms with Crippen LogP contribution in [0.3, 0.4) is 0 Å². The fraction of sp³-hybridized carbons (Fsp3) is 0.611. The maximum atomic E-state index is 12.3. The van der Waals surface area contributed by atoms with Gasteiger partial charge in [0.25, 0.3) is 6.47 Å². The van der Waals surface area contributed by atoms with Crippen LogP contribution >= 0.6 is 0 Å². The summed E-state index contributed by atoms with van der Waals surface area (Å²) in [4.78, 5) is 10.6. The average Bonchev–Trinajstić information content (AvgIpc) is 3.06. The number of nitrogens with zero attached hydrogens (tertiary/aromatic N) is 1. The van der Waals surface area contributed by atoms with E-state index in [0.717, 1.165) is 25.8 Å². The van der Waals surface area contributed by atoms with Crippen LogP contribution in [-0.2, 0) is 27.8 Å². The number of likely N-dealkylation sites (N-methyl/N-ethyl adjacent to an activating group) is 1. The number of carbonyl (C=O) groups is 1. The summed E-state index contributed by atoms with van der Waals surface area (Å²) in [5.74, 6) is 0.669. The Morgan fingerprint density at radius 2 is 1.84 bits per heavy atom. The number of fused-ring (bicyclic) bond motifs is 1. The van der Waals surface area contributed by atoms with Crippen molar-refractivity contribution in [2.75, 3.05) is 19.3 Å². The molecule has 25 heavy (non-hydrogen) atoms. The van der Waals surface area contributed by atoms with E-state index in [-0.39, 0.29) is 12.5 Å². The summed E-state index contributed by atoms with van der Waals surface area (Å²) in [6.07, 6.45) is 5.42. The quantitative estimate of drug-likeness (QED) is 0.775. The zero-order valence-electron chi connectivity index (χ0n) is 14.7. The number of carboxylic acid groups (broad SMARTS) is 1. The molecule has 6 nitrogen and oxygen atoms in total. The Kier molecular flexibility index (Phi) is 7.40. The Morgan fingerprint density at radius 3 is 2.48 bits per heavy atom. The van der Waals surface area contributed by atoms with Gasteiger partial charge in [-0.3, -0.25) is 9.69 Å². The standard InChI is InChI=1S/C17H26N2O2S.CH2O2/c1-19-12-16-9-5-4-8-15(16)10-17(19)11-18-22(20,21)13-14-6-2-3-7-14;2-1-3/h4-5,8-9,14,17-18H,2-3,6-7,10-13H2,1H3;1H,(H,2,3). The van der Waals surface area contributed by atoms with Crippen molar-refractivity contribution in [2.24, 2.45) is 5.92 Å². The van der Waals surface area contributed by atoms with Crippen LogP contribution in [0.2, 0.25) is 0 Å². The third-order valence-electron chi connectivity index (χ3n) is 5.09. The number of sulfonamides is 1. The molecule has 1 aromatic rings. The summed E-state index contributed by atoms with van der Waals surface area (Å²) in [6.45, 7) is 1.16. The van der Waals surface area contributed by atoms with Crippen molar-refractivity contribution in [3.63, 3.8) is 0 Å². The highest BCUT2D eigenvalue weighted by atomic mass is 32.2. The first-order chi connectivity index (χ1) is 11.9. The van der Waals surface area contributed by atoms with Crippen LogP contribution in [0.1, 0.15) is 36.8 Å². The predicted octanol–water partition coefficient (Wildman–Crippen LogP) is 1.85. The zero-order valence-corrected chi connectivity index (χ0v) is 15.5. The van der Waals surface area contributed by atoms with Crippen LogP contribution in [0.15, 0.2) is 24.3 Å². The van der Waals surface area contributed by atoms with Crippen LogP contribution in [0.5, 0.6) is 0 Å². The molecule has 7 heteroatoms. The topological polar surface area (TPSA) is 86.7 Å². The van der Waals surface area contributed by atoms with Crippen LogP contribution in [0.25, 0.3) is 0 Å². The van der Waals surface area contributed by atoms with E-state index >= 15 is 0 Å². The van der Waals surface area contributed by atoms with Crippen molar-refractivity contribution in [1.29, 1.82) is 0 Å². The molecule has 2 N–H and O–H groups in total. The SMILES string of the molecule is CN1Cc2ccccc2CC1CNS(=O)(=O)CC1CCCC1.O=CO. The van der Waals surface area contributed by atoms with Gasteiger partial charge in [-0.25, -0.2) is 13.1 Å². The molecule has 1 saturated carbocycles. The highest BCUT2D eigenvalue weighted by molar-refractivity contribution is 7.89. The first-order valence-electron chi connectivity index (χ1n) is 8.77. The van der Waals surface area contributed by atoms with Crippen LogP contribution in [0.4, 0.5) is 0 Å². The van der Waals surface area contributed by atoms with E-state index in [4.69, 9.17) is 9.90 Å². The van der Waals surface area contributed by atoms with Crippen LogP contribution in [0, 0.1) is 5.92 Å². The summed E-state index contributed by atoms with van der Waals surface area (Å²) in [5, 5.41) is 6.89. The normalized spacial score (nSPS) is 21.2. The minimum atomic E-state index is -3.14. The lowest BCUT2D eigenvalue weighted by Gasteiger charge is -2.34. The summed E-state index contributed by atoms with van der Waals surface area (Å²) in [7, 11) is -1.07. The number of rotatable bonds is 5. The van der Waals surface area contributed by atoms with E-state index in [1.807, 2.05) is 0 Å². The molecule has 3 rings (SSSR count). The molecule has 1 unspecified atom stereocenters. The highest BCUT2D eigenvalue weighted by Crippen LogP contribution is 2.26. The molecule has 0 spiro atoms. The first kappa shape index (κ1) is 19.9. The second kappa shape index (κ2) is 9.31. The summed E-state index contributed by atoms with van der Waals surface area (Å²) < 4.78 is 27.4. The number of hydrogen-bond donors (Lipinski definition) is 2. The Labute approximate surface area is 150 Å². The Morgan fingerprint density at radius 1 is 1.24 bits per heavy atom. The summed E-state index contributed by atoms with van der Waals surface area (Å²) in [6, 6.07) is 8.69. The predicted molar refractivity (Wildman–Crippen MR) is 97.8 cm³/mol. The lowest BCUT2D eigenvalue weighted by atomic mass is 9.95. The third-order valence-corrected chi connectivity index (χ3v) is 6.60. The van der Waals surface area contributed by atoms with E-state index < -0.39 is 10.0 Å². The van der Waals surface area contributed by atoms with Gasteiger partial charge in [0.15, 0.2) is 0 Å². The minimum Gasteiger partial charge on any atom is -0.483 e. The molecule has 2 aliphatic rings. The van der Waals surface area contributed by atoms with Crippen molar-refractivity contribution in [3.8, 4) is 0 Å². The van der Waals surface area contributed by atoms with E-state index in [1.54, 1.807) is 0 Å². The second-order valence-electron chi connectivity index (χ2n) is 6.93. The van der Waals surface area contributed by atoms with Crippen LogP contribution in [-0.4, -0.2) is 50.3 Å². The van der Waals surface area contributed by atoms with Crippen LogP contribution < -0.4 is 4.72 Å². The molecule has 1 aliphatic carbocycles. The monoisotopic (exact) mass is 368 g/mol. The molecule has 1 atom stereocenters. The molecule has 0 saturated heterocycles. The molecular formula is C18H28N2O4S.